The van der Waals surface area contributed by atoms with Gasteiger partial charge in [-0.05, 0) is 30.5 Å². The number of aromatic nitrogens is 2. The lowest BCUT2D eigenvalue weighted by molar-refractivity contribution is 1.50. The third kappa shape index (κ3) is 2.72. The largest absolute Gasteiger partial charge is 0.172 e. The van der Waals surface area contributed by atoms with E-state index in [0.29, 0.717) is 0 Å². The lowest BCUT2D eigenvalue weighted by atomic mass is 10.1. The fraction of sp³-hybridized carbons (Fsp3) is 0.176. The molecule has 0 radical (unpaired) electrons. The summed E-state index contributed by atoms with van der Waals surface area (Å²) in [7, 11) is 0. The maximum Gasteiger partial charge on any atom is 0.114 e. The maximum atomic E-state index is 4.52. The molecule has 0 aliphatic heterocycles. The van der Waals surface area contributed by atoms with E-state index in [1.165, 1.54) is 37.5 Å². The zero-order valence-electron chi connectivity index (χ0n) is 12.7. The molecular formula is C17H16N2S3. The maximum absolute atomic E-state index is 4.52. The Morgan fingerprint density at radius 1 is 0.818 bits per heavy atom. The van der Waals surface area contributed by atoms with Crippen molar-refractivity contribution in [1.29, 1.82) is 0 Å². The van der Waals surface area contributed by atoms with E-state index in [2.05, 4.69) is 57.4 Å². The SMILES string of the molecule is CC.Cc1ccc(-c2ccc(-c3cccs3)c3nsnc23)s1. The van der Waals surface area contributed by atoms with E-state index >= 15 is 0 Å². The van der Waals surface area contributed by atoms with Crippen LogP contribution in [0.1, 0.15) is 18.7 Å². The molecule has 4 rings (SSSR count). The highest BCUT2D eigenvalue weighted by molar-refractivity contribution is 7.15. The van der Waals surface area contributed by atoms with Crippen LogP contribution in [0.25, 0.3) is 31.9 Å². The predicted octanol–water partition coefficient (Wildman–Crippen LogP) is 6.48. The van der Waals surface area contributed by atoms with E-state index in [9.17, 15) is 0 Å². The summed E-state index contributed by atoms with van der Waals surface area (Å²) in [5, 5.41) is 2.09. The summed E-state index contributed by atoms with van der Waals surface area (Å²) in [6.45, 7) is 6.13. The van der Waals surface area contributed by atoms with Gasteiger partial charge in [0, 0.05) is 25.8 Å². The van der Waals surface area contributed by atoms with E-state index in [0.717, 1.165) is 11.0 Å². The fourth-order valence-electron chi connectivity index (χ4n) is 2.28. The van der Waals surface area contributed by atoms with Crippen LogP contribution in [0.5, 0.6) is 0 Å². The lowest BCUT2D eigenvalue weighted by Gasteiger charge is -2.03. The Morgan fingerprint density at radius 3 is 2.05 bits per heavy atom. The summed E-state index contributed by atoms with van der Waals surface area (Å²) in [6, 6.07) is 12.9. The molecule has 3 heterocycles. The molecule has 0 spiro atoms. The minimum absolute atomic E-state index is 1.01. The van der Waals surface area contributed by atoms with Crippen molar-refractivity contribution in [2.45, 2.75) is 20.8 Å². The van der Waals surface area contributed by atoms with Crippen LogP contribution in [0, 0.1) is 6.92 Å². The summed E-state index contributed by atoms with van der Waals surface area (Å²) < 4.78 is 9.03. The average Bonchev–Trinajstić information content (AvgIpc) is 3.29. The predicted molar refractivity (Wildman–Crippen MR) is 100 cm³/mol. The Bertz CT molecular complexity index is 872. The first-order valence-corrected chi connectivity index (χ1v) is 9.61. The van der Waals surface area contributed by atoms with Crippen LogP contribution >= 0.6 is 34.4 Å². The molecular weight excluding hydrogens is 328 g/mol. The zero-order valence-corrected chi connectivity index (χ0v) is 15.1. The molecule has 0 atom stereocenters. The first-order chi connectivity index (χ1) is 10.8. The Morgan fingerprint density at radius 2 is 1.50 bits per heavy atom. The zero-order chi connectivity index (χ0) is 15.5. The number of thiophene rings is 2. The van der Waals surface area contributed by atoms with Gasteiger partial charge in [-0.15, -0.1) is 22.7 Å². The van der Waals surface area contributed by atoms with Crippen LogP contribution in [0.15, 0.2) is 41.8 Å². The van der Waals surface area contributed by atoms with Gasteiger partial charge in [-0.3, -0.25) is 0 Å². The van der Waals surface area contributed by atoms with Gasteiger partial charge in [0.25, 0.3) is 0 Å². The number of nitrogens with zero attached hydrogens (tertiary/aromatic N) is 2. The summed E-state index contributed by atoms with van der Waals surface area (Å²) in [5.41, 5.74) is 4.40. The quantitative estimate of drug-likeness (QED) is 0.416. The molecule has 0 amide bonds. The minimum Gasteiger partial charge on any atom is -0.172 e. The van der Waals surface area contributed by atoms with Crippen molar-refractivity contribution in [2.75, 3.05) is 0 Å². The van der Waals surface area contributed by atoms with E-state index in [-0.39, 0.29) is 0 Å². The molecule has 0 aliphatic rings. The van der Waals surface area contributed by atoms with Gasteiger partial charge in [-0.25, -0.2) is 0 Å². The monoisotopic (exact) mass is 344 g/mol. The molecule has 22 heavy (non-hydrogen) atoms. The second kappa shape index (κ2) is 6.69. The second-order valence-electron chi connectivity index (χ2n) is 4.51. The Labute approximate surface area is 142 Å². The molecule has 0 aliphatic carbocycles. The molecule has 5 heteroatoms. The van der Waals surface area contributed by atoms with E-state index in [4.69, 9.17) is 0 Å². The van der Waals surface area contributed by atoms with Crippen molar-refractivity contribution in [3.05, 3.63) is 46.7 Å². The fourth-order valence-corrected chi connectivity index (χ4v) is 4.50. The van der Waals surface area contributed by atoms with Crippen LogP contribution in [0.3, 0.4) is 0 Å². The van der Waals surface area contributed by atoms with Crippen molar-refractivity contribution in [1.82, 2.24) is 8.75 Å². The van der Waals surface area contributed by atoms with Gasteiger partial charge >= 0.3 is 0 Å². The number of benzene rings is 1. The standard InChI is InChI=1S/C15H10N2S3.C2H6/c1-9-4-7-13(19-9)11-6-5-10(12-3-2-8-18-12)14-15(11)17-20-16-14;1-2/h2-8H,1H3;1-2H3. The molecule has 3 aromatic heterocycles. The Kier molecular flexibility index (Phi) is 4.66. The van der Waals surface area contributed by atoms with Gasteiger partial charge in [-0.1, -0.05) is 32.0 Å². The Balaban J connectivity index is 0.000000693. The van der Waals surface area contributed by atoms with Crippen LogP contribution < -0.4 is 0 Å². The number of hydrogen-bond acceptors (Lipinski definition) is 5. The highest BCUT2D eigenvalue weighted by Gasteiger charge is 2.14. The van der Waals surface area contributed by atoms with E-state index in [1.807, 2.05) is 13.8 Å². The van der Waals surface area contributed by atoms with Crippen molar-refractivity contribution < 1.29 is 0 Å². The molecule has 1 aromatic carbocycles. The second-order valence-corrected chi connectivity index (χ2v) is 7.27. The van der Waals surface area contributed by atoms with E-state index < -0.39 is 0 Å². The highest BCUT2D eigenvalue weighted by atomic mass is 32.1. The van der Waals surface area contributed by atoms with Crippen LogP contribution in [-0.2, 0) is 0 Å². The topological polar surface area (TPSA) is 25.8 Å². The van der Waals surface area contributed by atoms with Gasteiger partial charge in [0.2, 0.25) is 0 Å². The smallest absolute Gasteiger partial charge is 0.114 e. The first kappa shape index (κ1) is 15.3. The number of rotatable bonds is 2. The van der Waals surface area contributed by atoms with Gasteiger partial charge in [-0.2, -0.15) is 8.75 Å². The lowest BCUT2D eigenvalue weighted by Crippen LogP contribution is -1.81. The van der Waals surface area contributed by atoms with E-state index in [1.54, 1.807) is 22.7 Å². The van der Waals surface area contributed by atoms with Crippen molar-refractivity contribution in [3.63, 3.8) is 0 Å². The molecule has 0 saturated heterocycles. The average molecular weight is 345 g/mol. The third-order valence-corrected chi connectivity index (χ3v) is 5.67. The molecule has 0 fully saturated rings. The summed E-state index contributed by atoms with van der Waals surface area (Å²) in [4.78, 5) is 3.83. The molecule has 0 bridgehead atoms. The molecule has 2 nitrogen and oxygen atoms in total. The minimum atomic E-state index is 1.01. The Hall–Kier alpha value is -1.56. The number of fused-ring (bicyclic) bond motifs is 1. The van der Waals surface area contributed by atoms with Gasteiger partial charge in [0.05, 0.1) is 11.7 Å². The molecule has 0 saturated carbocycles. The molecule has 112 valence electrons. The van der Waals surface area contributed by atoms with Crippen molar-refractivity contribution >= 4 is 45.4 Å². The van der Waals surface area contributed by atoms with Crippen LogP contribution in [0.4, 0.5) is 0 Å². The molecule has 0 N–H and O–H groups in total. The highest BCUT2D eigenvalue weighted by Crippen LogP contribution is 2.38. The third-order valence-electron chi connectivity index (χ3n) is 3.21. The summed E-state index contributed by atoms with van der Waals surface area (Å²) in [6.07, 6.45) is 0. The number of hydrogen-bond donors (Lipinski definition) is 0. The first-order valence-electron chi connectivity index (χ1n) is 7.19. The molecule has 0 unspecified atom stereocenters. The van der Waals surface area contributed by atoms with Gasteiger partial charge in [0.15, 0.2) is 0 Å². The normalized spacial score (nSPS) is 10.5. The summed E-state index contributed by atoms with van der Waals surface area (Å²) in [5.74, 6) is 0. The van der Waals surface area contributed by atoms with Crippen LogP contribution in [0.2, 0.25) is 0 Å². The van der Waals surface area contributed by atoms with Crippen LogP contribution in [-0.4, -0.2) is 8.75 Å². The van der Waals surface area contributed by atoms with Gasteiger partial charge < -0.3 is 0 Å². The van der Waals surface area contributed by atoms with Crippen molar-refractivity contribution in [2.24, 2.45) is 0 Å². The molecule has 4 aromatic rings. The number of aryl methyl sites for hydroxylation is 1. The van der Waals surface area contributed by atoms with Gasteiger partial charge in [0.1, 0.15) is 11.0 Å². The van der Waals surface area contributed by atoms with Crippen molar-refractivity contribution in [3.8, 4) is 20.9 Å². The summed E-state index contributed by atoms with van der Waals surface area (Å²) >= 11 is 4.83.